The molecule has 0 aliphatic carbocycles. The number of nitrogens with one attached hydrogen (secondary N) is 2. The molecule has 0 fully saturated rings. The third-order valence-corrected chi connectivity index (χ3v) is 3.51. The molecule has 0 saturated carbocycles. The first kappa shape index (κ1) is 16.5. The SMILES string of the molecule is CCOc1ccc(NC(=O)c2cccnc2Nc2ccccc2)cc1. The Labute approximate surface area is 146 Å². The Hall–Kier alpha value is -3.34. The van der Waals surface area contributed by atoms with Crippen LogP contribution in [-0.4, -0.2) is 17.5 Å². The molecule has 0 radical (unpaired) electrons. The van der Waals surface area contributed by atoms with Crippen LogP contribution < -0.4 is 15.4 Å². The second kappa shape index (κ2) is 7.97. The number of carbonyl (C=O) groups is 1. The number of carbonyl (C=O) groups excluding carboxylic acids is 1. The van der Waals surface area contributed by atoms with Gasteiger partial charge in [0, 0.05) is 17.6 Å². The summed E-state index contributed by atoms with van der Waals surface area (Å²) in [6, 6.07) is 20.4. The van der Waals surface area contributed by atoms with Crippen LogP contribution >= 0.6 is 0 Å². The first-order valence-electron chi connectivity index (χ1n) is 8.07. The Kier molecular flexibility index (Phi) is 5.26. The fourth-order valence-electron chi connectivity index (χ4n) is 2.35. The van der Waals surface area contributed by atoms with Gasteiger partial charge in [0.05, 0.1) is 12.2 Å². The van der Waals surface area contributed by atoms with Crippen LogP contribution in [0.2, 0.25) is 0 Å². The molecule has 0 atom stereocenters. The molecule has 3 aromatic rings. The maximum absolute atomic E-state index is 12.6. The monoisotopic (exact) mass is 333 g/mol. The highest BCUT2D eigenvalue weighted by Gasteiger charge is 2.12. The number of rotatable bonds is 6. The van der Waals surface area contributed by atoms with Gasteiger partial charge in [-0.15, -0.1) is 0 Å². The highest BCUT2D eigenvalue weighted by Crippen LogP contribution is 2.21. The summed E-state index contributed by atoms with van der Waals surface area (Å²) in [5.74, 6) is 1.06. The quantitative estimate of drug-likeness (QED) is 0.698. The van der Waals surface area contributed by atoms with Crippen molar-refractivity contribution in [2.75, 3.05) is 17.2 Å². The molecule has 0 unspecified atom stereocenters. The third-order valence-electron chi connectivity index (χ3n) is 3.51. The van der Waals surface area contributed by atoms with E-state index in [4.69, 9.17) is 4.74 Å². The van der Waals surface area contributed by atoms with Gasteiger partial charge in [0.15, 0.2) is 0 Å². The van der Waals surface area contributed by atoms with Gasteiger partial charge >= 0.3 is 0 Å². The molecule has 25 heavy (non-hydrogen) atoms. The van der Waals surface area contributed by atoms with E-state index in [0.717, 1.165) is 11.4 Å². The molecule has 1 heterocycles. The second-order valence-corrected chi connectivity index (χ2v) is 5.30. The fraction of sp³-hybridized carbons (Fsp3) is 0.100. The van der Waals surface area contributed by atoms with Crippen LogP contribution in [0.3, 0.4) is 0 Å². The van der Waals surface area contributed by atoms with Gasteiger partial charge in [-0.05, 0) is 55.5 Å². The van der Waals surface area contributed by atoms with E-state index in [1.807, 2.05) is 61.5 Å². The Bertz CT molecular complexity index is 833. The predicted octanol–water partition coefficient (Wildman–Crippen LogP) is 4.48. The molecule has 0 aliphatic heterocycles. The number of hydrogen-bond acceptors (Lipinski definition) is 4. The van der Waals surface area contributed by atoms with E-state index in [2.05, 4.69) is 15.6 Å². The van der Waals surface area contributed by atoms with Crippen molar-refractivity contribution in [1.82, 2.24) is 4.98 Å². The number of aromatic nitrogens is 1. The van der Waals surface area contributed by atoms with Crippen molar-refractivity contribution in [3.05, 3.63) is 78.5 Å². The van der Waals surface area contributed by atoms with Gasteiger partial charge in [0.1, 0.15) is 11.6 Å². The summed E-state index contributed by atoms with van der Waals surface area (Å²) in [5.41, 5.74) is 2.04. The smallest absolute Gasteiger partial charge is 0.259 e. The van der Waals surface area contributed by atoms with Crippen LogP contribution in [0.1, 0.15) is 17.3 Å². The van der Waals surface area contributed by atoms with Gasteiger partial charge in [-0.1, -0.05) is 18.2 Å². The molecule has 0 saturated heterocycles. The first-order chi connectivity index (χ1) is 12.3. The van der Waals surface area contributed by atoms with Gasteiger partial charge in [0.25, 0.3) is 5.91 Å². The van der Waals surface area contributed by atoms with E-state index in [-0.39, 0.29) is 5.91 Å². The van der Waals surface area contributed by atoms with Crippen LogP contribution in [0.25, 0.3) is 0 Å². The minimum absolute atomic E-state index is 0.226. The number of amides is 1. The number of benzene rings is 2. The second-order valence-electron chi connectivity index (χ2n) is 5.30. The summed E-state index contributed by atoms with van der Waals surface area (Å²) in [6.07, 6.45) is 1.65. The Morgan fingerprint density at radius 1 is 0.960 bits per heavy atom. The van der Waals surface area contributed by atoms with E-state index in [1.54, 1.807) is 18.3 Å². The normalized spacial score (nSPS) is 10.1. The highest BCUT2D eigenvalue weighted by atomic mass is 16.5. The summed E-state index contributed by atoms with van der Waals surface area (Å²) in [5, 5.41) is 6.05. The lowest BCUT2D eigenvalue weighted by Gasteiger charge is -2.11. The van der Waals surface area contributed by atoms with Gasteiger partial charge in [0.2, 0.25) is 0 Å². The lowest BCUT2D eigenvalue weighted by molar-refractivity contribution is 0.102. The van der Waals surface area contributed by atoms with Crippen LogP contribution in [0.5, 0.6) is 5.75 Å². The summed E-state index contributed by atoms with van der Waals surface area (Å²) in [7, 11) is 0. The standard InChI is InChI=1S/C20H19N3O2/c1-2-25-17-12-10-16(11-13-17)23-20(24)18-9-6-14-21-19(18)22-15-7-4-3-5-8-15/h3-14H,2H2,1H3,(H,21,22)(H,23,24). The van der Waals surface area contributed by atoms with Crippen LogP contribution in [0.15, 0.2) is 72.9 Å². The highest BCUT2D eigenvalue weighted by molar-refractivity contribution is 6.07. The zero-order valence-corrected chi connectivity index (χ0v) is 13.9. The Balaban J connectivity index is 1.76. The van der Waals surface area contributed by atoms with Crippen molar-refractivity contribution in [3.8, 4) is 5.75 Å². The summed E-state index contributed by atoms with van der Waals surface area (Å²) < 4.78 is 5.40. The Morgan fingerprint density at radius 3 is 2.44 bits per heavy atom. The first-order valence-corrected chi connectivity index (χ1v) is 8.07. The number of anilines is 3. The predicted molar refractivity (Wildman–Crippen MR) is 99.5 cm³/mol. The lowest BCUT2D eigenvalue weighted by Crippen LogP contribution is -2.14. The number of pyridine rings is 1. The van der Waals surface area contributed by atoms with Crippen molar-refractivity contribution >= 4 is 23.1 Å². The molecular formula is C20H19N3O2. The van der Waals surface area contributed by atoms with Gasteiger partial charge in [-0.3, -0.25) is 4.79 Å². The molecule has 0 spiro atoms. The van der Waals surface area contributed by atoms with Crippen LogP contribution in [0.4, 0.5) is 17.2 Å². The summed E-state index contributed by atoms with van der Waals surface area (Å²) in [6.45, 7) is 2.54. The minimum Gasteiger partial charge on any atom is -0.494 e. The molecule has 0 aliphatic rings. The number of nitrogens with zero attached hydrogens (tertiary/aromatic N) is 1. The molecule has 2 N–H and O–H groups in total. The van der Waals surface area contributed by atoms with Crippen molar-refractivity contribution in [2.24, 2.45) is 0 Å². The van der Waals surface area contributed by atoms with Gasteiger partial charge in [-0.2, -0.15) is 0 Å². The zero-order chi connectivity index (χ0) is 17.5. The minimum atomic E-state index is -0.226. The topological polar surface area (TPSA) is 63.2 Å². The molecule has 2 aromatic carbocycles. The van der Waals surface area contributed by atoms with Gasteiger partial charge < -0.3 is 15.4 Å². The van der Waals surface area contributed by atoms with Crippen LogP contribution in [0, 0.1) is 0 Å². The molecule has 5 nitrogen and oxygen atoms in total. The van der Waals surface area contributed by atoms with Crippen molar-refractivity contribution < 1.29 is 9.53 Å². The number of hydrogen-bond donors (Lipinski definition) is 2. The summed E-state index contributed by atoms with van der Waals surface area (Å²) in [4.78, 5) is 16.9. The molecule has 0 bridgehead atoms. The van der Waals surface area contributed by atoms with E-state index < -0.39 is 0 Å². The van der Waals surface area contributed by atoms with E-state index in [0.29, 0.717) is 23.7 Å². The molecule has 1 amide bonds. The largest absolute Gasteiger partial charge is 0.494 e. The Morgan fingerprint density at radius 2 is 1.72 bits per heavy atom. The molecule has 5 heteroatoms. The average molecular weight is 333 g/mol. The van der Waals surface area contributed by atoms with E-state index in [9.17, 15) is 4.79 Å². The van der Waals surface area contributed by atoms with Crippen LogP contribution in [-0.2, 0) is 0 Å². The third kappa shape index (κ3) is 4.35. The van der Waals surface area contributed by atoms with Gasteiger partial charge in [-0.25, -0.2) is 4.98 Å². The van der Waals surface area contributed by atoms with Crippen molar-refractivity contribution in [2.45, 2.75) is 6.92 Å². The number of para-hydroxylation sites is 1. The number of ether oxygens (including phenoxy) is 1. The van der Waals surface area contributed by atoms with E-state index in [1.165, 1.54) is 0 Å². The summed E-state index contributed by atoms with van der Waals surface area (Å²) >= 11 is 0. The average Bonchev–Trinajstić information content (AvgIpc) is 2.65. The maximum atomic E-state index is 12.6. The maximum Gasteiger partial charge on any atom is 0.259 e. The zero-order valence-electron chi connectivity index (χ0n) is 13.9. The van der Waals surface area contributed by atoms with Crippen molar-refractivity contribution in [3.63, 3.8) is 0 Å². The lowest BCUT2D eigenvalue weighted by atomic mass is 10.2. The molecular weight excluding hydrogens is 314 g/mol. The fourth-order valence-corrected chi connectivity index (χ4v) is 2.35. The van der Waals surface area contributed by atoms with E-state index >= 15 is 0 Å². The molecule has 3 rings (SSSR count). The molecule has 1 aromatic heterocycles. The molecule has 126 valence electrons. The van der Waals surface area contributed by atoms with Crippen molar-refractivity contribution in [1.29, 1.82) is 0 Å².